The van der Waals surface area contributed by atoms with Crippen molar-refractivity contribution in [2.45, 2.75) is 6.73 Å². The van der Waals surface area contributed by atoms with Crippen LogP contribution in [0.25, 0.3) is 22.7 Å². The van der Waals surface area contributed by atoms with Crippen LogP contribution in [0.3, 0.4) is 0 Å². The third-order valence-electron chi connectivity index (χ3n) is 4.03. The van der Waals surface area contributed by atoms with Gasteiger partial charge in [0.15, 0.2) is 12.5 Å². The first-order valence-corrected chi connectivity index (χ1v) is 9.81. The first-order chi connectivity index (χ1) is 14.5. The van der Waals surface area contributed by atoms with Gasteiger partial charge >= 0.3 is 8.25 Å². The van der Waals surface area contributed by atoms with Crippen LogP contribution in [-0.4, -0.2) is 35.3 Å². The van der Waals surface area contributed by atoms with Gasteiger partial charge in [0, 0.05) is 30.2 Å². The molecule has 0 bridgehead atoms. The standard InChI is InChI=1S/C18H15N6O5P/c1-23-10-14(17(22-23)13-4-2-3-7-19-13)21-18(25)16-6-5-15(29-16)12-8-20-24(9-12)11-28-30(26)27/h2-10H,11H2,1H3,(H-,21,25,26,27)/p+1. The Labute approximate surface area is 170 Å². The number of carbonyl (C=O) groups is 1. The molecular weight excluding hydrogens is 411 g/mol. The summed E-state index contributed by atoms with van der Waals surface area (Å²) in [5.41, 5.74) is 2.26. The second kappa shape index (κ2) is 8.37. The number of pyridine rings is 1. The average Bonchev–Trinajstić information content (AvgIpc) is 3.46. The molecule has 30 heavy (non-hydrogen) atoms. The van der Waals surface area contributed by atoms with Gasteiger partial charge in [-0.3, -0.25) is 14.5 Å². The normalized spacial score (nSPS) is 11.5. The molecule has 0 aliphatic carbocycles. The van der Waals surface area contributed by atoms with Crippen LogP contribution in [-0.2, 0) is 22.9 Å². The summed E-state index contributed by atoms with van der Waals surface area (Å²) >= 11 is 0. The highest BCUT2D eigenvalue weighted by Crippen LogP contribution is 2.26. The summed E-state index contributed by atoms with van der Waals surface area (Å²) < 4.78 is 23.8. The van der Waals surface area contributed by atoms with Crippen LogP contribution in [0, 0.1) is 0 Å². The Balaban J connectivity index is 1.50. The first-order valence-electron chi connectivity index (χ1n) is 8.68. The Hall–Kier alpha value is -3.66. The maximum absolute atomic E-state index is 12.7. The third-order valence-corrected chi connectivity index (χ3v) is 4.37. The number of rotatable bonds is 7. The molecule has 0 spiro atoms. The van der Waals surface area contributed by atoms with E-state index in [0.717, 1.165) is 0 Å². The molecule has 1 unspecified atom stereocenters. The van der Waals surface area contributed by atoms with Gasteiger partial charge in [-0.1, -0.05) is 10.6 Å². The molecule has 4 aromatic heterocycles. The van der Waals surface area contributed by atoms with Crippen LogP contribution in [0.5, 0.6) is 0 Å². The maximum Gasteiger partial charge on any atom is 0.696 e. The molecule has 12 heteroatoms. The molecule has 0 aromatic carbocycles. The van der Waals surface area contributed by atoms with Crippen molar-refractivity contribution < 1.29 is 23.2 Å². The number of nitrogens with one attached hydrogen (secondary N) is 1. The van der Waals surface area contributed by atoms with Crippen molar-refractivity contribution in [1.82, 2.24) is 24.5 Å². The van der Waals surface area contributed by atoms with Gasteiger partial charge in [-0.15, -0.1) is 4.89 Å². The van der Waals surface area contributed by atoms with E-state index in [1.807, 2.05) is 6.07 Å². The number of aromatic nitrogens is 5. The number of anilines is 1. The van der Waals surface area contributed by atoms with E-state index in [0.29, 0.717) is 28.4 Å². The summed E-state index contributed by atoms with van der Waals surface area (Å²) in [5, 5.41) is 11.2. The summed E-state index contributed by atoms with van der Waals surface area (Å²) in [7, 11) is -0.963. The van der Waals surface area contributed by atoms with E-state index in [-0.39, 0.29) is 12.5 Å². The molecule has 1 amide bonds. The lowest BCUT2D eigenvalue weighted by atomic mass is 10.2. The molecule has 0 aliphatic rings. The molecule has 0 saturated heterocycles. The average molecular weight is 427 g/mol. The van der Waals surface area contributed by atoms with Crippen LogP contribution in [0.1, 0.15) is 10.6 Å². The number of nitrogens with zero attached hydrogens (tertiary/aromatic N) is 5. The van der Waals surface area contributed by atoms with E-state index >= 15 is 0 Å². The molecule has 0 fully saturated rings. The van der Waals surface area contributed by atoms with Crippen LogP contribution >= 0.6 is 8.25 Å². The highest BCUT2D eigenvalue weighted by atomic mass is 31.1. The summed E-state index contributed by atoms with van der Waals surface area (Å²) in [6, 6.07) is 8.61. The lowest BCUT2D eigenvalue weighted by molar-refractivity contribution is 0.0997. The van der Waals surface area contributed by atoms with E-state index in [2.05, 4.69) is 25.0 Å². The Morgan fingerprint density at radius 1 is 1.30 bits per heavy atom. The van der Waals surface area contributed by atoms with Gasteiger partial charge in [0.2, 0.25) is 0 Å². The third kappa shape index (κ3) is 4.33. The van der Waals surface area contributed by atoms with E-state index in [1.165, 1.54) is 10.9 Å². The molecule has 11 nitrogen and oxygen atoms in total. The summed E-state index contributed by atoms with van der Waals surface area (Å²) in [6.45, 7) is -0.183. The minimum Gasteiger partial charge on any atom is -0.451 e. The Bertz CT molecular complexity index is 1200. The number of aryl methyl sites for hydroxylation is 1. The van der Waals surface area contributed by atoms with Crippen LogP contribution in [0.4, 0.5) is 5.69 Å². The van der Waals surface area contributed by atoms with Crippen molar-refractivity contribution in [1.29, 1.82) is 0 Å². The van der Waals surface area contributed by atoms with Crippen molar-refractivity contribution in [2.75, 3.05) is 5.32 Å². The van der Waals surface area contributed by atoms with Crippen molar-refractivity contribution >= 4 is 19.8 Å². The van der Waals surface area contributed by atoms with Gasteiger partial charge in [0.1, 0.15) is 11.5 Å². The summed E-state index contributed by atoms with van der Waals surface area (Å²) in [4.78, 5) is 25.6. The Morgan fingerprint density at radius 2 is 2.17 bits per heavy atom. The maximum atomic E-state index is 12.7. The predicted octanol–water partition coefficient (Wildman–Crippen LogP) is 2.81. The zero-order valence-electron chi connectivity index (χ0n) is 15.7. The topological polar surface area (TPSA) is 137 Å². The number of hydrogen-bond donors (Lipinski definition) is 2. The SMILES string of the molecule is Cn1cc(NC(=O)c2ccc(-c3cnn(CO[P+](=O)O)c3)o2)c(-c2ccccn2)n1. The second-order valence-electron chi connectivity index (χ2n) is 6.16. The predicted molar refractivity (Wildman–Crippen MR) is 105 cm³/mol. The van der Waals surface area contributed by atoms with Crippen molar-refractivity contribution in [3.05, 3.63) is 60.9 Å². The molecule has 0 saturated carbocycles. The number of carbonyl (C=O) groups excluding carboxylic acids is 1. The van der Waals surface area contributed by atoms with Gasteiger partial charge in [-0.2, -0.15) is 10.2 Å². The molecule has 2 N–H and O–H groups in total. The lowest BCUT2D eigenvalue weighted by Gasteiger charge is -2.03. The molecule has 0 aliphatic heterocycles. The van der Waals surface area contributed by atoms with Gasteiger partial charge < -0.3 is 9.73 Å². The number of hydrogen-bond acceptors (Lipinski definition) is 7. The van der Waals surface area contributed by atoms with Crippen LogP contribution in [0.2, 0.25) is 0 Å². The van der Waals surface area contributed by atoms with E-state index in [4.69, 9.17) is 9.31 Å². The fourth-order valence-electron chi connectivity index (χ4n) is 2.74. The zero-order valence-corrected chi connectivity index (χ0v) is 16.6. The largest absolute Gasteiger partial charge is 0.696 e. The smallest absolute Gasteiger partial charge is 0.451 e. The molecule has 4 heterocycles. The first kappa shape index (κ1) is 19.6. The van der Waals surface area contributed by atoms with E-state index in [1.54, 1.807) is 54.6 Å². The molecule has 1 atom stereocenters. The number of furan rings is 1. The highest BCUT2D eigenvalue weighted by molar-refractivity contribution is 7.32. The Morgan fingerprint density at radius 3 is 2.93 bits per heavy atom. The van der Waals surface area contributed by atoms with Crippen molar-refractivity contribution in [2.24, 2.45) is 7.05 Å². The fourth-order valence-corrected chi connectivity index (χ4v) is 2.96. The quantitative estimate of drug-likeness (QED) is 0.430. The monoisotopic (exact) mass is 427 g/mol. The van der Waals surface area contributed by atoms with Crippen LogP contribution in [0.15, 0.2) is 59.5 Å². The van der Waals surface area contributed by atoms with Gasteiger partial charge in [-0.25, -0.2) is 4.68 Å². The molecule has 0 radical (unpaired) electrons. The molecule has 4 aromatic rings. The van der Waals surface area contributed by atoms with Gasteiger partial charge in [0.05, 0.1) is 23.1 Å². The second-order valence-corrected chi connectivity index (χ2v) is 6.90. The van der Waals surface area contributed by atoms with Gasteiger partial charge in [-0.05, 0) is 24.3 Å². The summed E-state index contributed by atoms with van der Waals surface area (Å²) in [5.74, 6) is 0.0682. The number of amides is 1. The van der Waals surface area contributed by atoms with Crippen molar-refractivity contribution in [3.8, 4) is 22.7 Å². The van der Waals surface area contributed by atoms with Crippen LogP contribution < -0.4 is 5.32 Å². The van der Waals surface area contributed by atoms with Crippen molar-refractivity contribution in [3.63, 3.8) is 0 Å². The zero-order chi connectivity index (χ0) is 21.1. The van der Waals surface area contributed by atoms with Gasteiger partial charge in [0.25, 0.3) is 5.91 Å². The minimum absolute atomic E-state index is 0.100. The van der Waals surface area contributed by atoms with E-state index in [9.17, 15) is 9.36 Å². The molecule has 4 rings (SSSR count). The van der Waals surface area contributed by atoms with E-state index < -0.39 is 14.2 Å². The molecule has 152 valence electrons. The molecular formula is C18H16N6O5P+. The Kier molecular flexibility index (Phi) is 5.48. The summed E-state index contributed by atoms with van der Waals surface area (Å²) in [6.07, 6.45) is 6.40. The lowest BCUT2D eigenvalue weighted by Crippen LogP contribution is -2.11. The minimum atomic E-state index is -2.71. The highest BCUT2D eigenvalue weighted by Gasteiger charge is 2.18. The fraction of sp³-hybridized carbons (Fsp3) is 0.111.